The molecule has 5 heteroatoms. The largest absolute Gasteiger partial charge is 0.198 e. The van der Waals surface area contributed by atoms with E-state index < -0.39 is 0 Å². The number of rotatable bonds is 6. The minimum absolute atomic E-state index is 0. The summed E-state index contributed by atoms with van der Waals surface area (Å²) in [6.45, 7) is 0. The summed E-state index contributed by atoms with van der Waals surface area (Å²) in [6.07, 6.45) is 4.33. The third-order valence-corrected chi connectivity index (χ3v) is 4.19. The van der Waals surface area contributed by atoms with Gasteiger partial charge in [-0.25, -0.2) is 0 Å². The topological polar surface area (TPSA) is 71.4 Å². The van der Waals surface area contributed by atoms with E-state index in [-0.39, 0.29) is 20.3 Å². The van der Waals surface area contributed by atoms with Crippen LogP contribution in [0.15, 0.2) is 0 Å². The van der Waals surface area contributed by atoms with Crippen LogP contribution in [-0.2, 0) is 0 Å². The summed E-state index contributed by atoms with van der Waals surface area (Å²) >= 11 is 0. The van der Waals surface area contributed by atoms with Crippen LogP contribution in [0.3, 0.4) is 0 Å². The van der Waals surface area contributed by atoms with Gasteiger partial charge in [0, 0.05) is 19.3 Å². The van der Waals surface area contributed by atoms with Crippen LogP contribution in [0, 0.1) is 34.0 Å². The molecule has 0 heterocycles. The monoisotopic (exact) mass is 229 g/mol. The normalized spacial score (nSPS) is 8.14. The second-order valence-corrected chi connectivity index (χ2v) is 5.25. The molecule has 0 bridgehead atoms. The van der Waals surface area contributed by atoms with Crippen molar-refractivity contribution in [3.05, 3.63) is 0 Å². The molecular formula is C9H13ClN3P. The van der Waals surface area contributed by atoms with E-state index in [1.165, 1.54) is 0 Å². The molecule has 0 unspecified atom stereocenters. The second kappa shape index (κ2) is 12.2. The number of hydrogen-bond donors (Lipinski definition) is 0. The van der Waals surface area contributed by atoms with Crippen LogP contribution >= 0.6 is 20.3 Å². The molecule has 0 aliphatic heterocycles. The number of halogens is 1. The fourth-order valence-electron chi connectivity index (χ4n) is 0.960. The Morgan fingerprint density at radius 1 is 0.714 bits per heavy atom. The zero-order valence-electron chi connectivity index (χ0n) is 7.94. The molecule has 0 aliphatic rings. The fraction of sp³-hybridized carbons (Fsp3) is 0.667. The molecule has 76 valence electrons. The smallest absolute Gasteiger partial charge is 0.0625 e. The van der Waals surface area contributed by atoms with Gasteiger partial charge in [-0.05, 0) is 18.5 Å². The maximum Gasteiger partial charge on any atom is 0.0625 e. The minimum Gasteiger partial charge on any atom is -0.198 e. The van der Waals surface area contributed by atoms with Gasteiger partial charge in [-0.15, -0.1) is 20.3 Å². The summed E-state index contributed by atoms with van der Waals surface area (Å²) in [5.74, 6) is 0. The van der Waals surface area contributed by atoms with E-state index in [0.717, 1.165) is 18.5 Å². The first kappa shape index (κ1) is 15.7. The number of hydrogen-bond acceptors (Lipinski definition) is 3. The van der Waals surface area contributed by atoms with Crippen LogP contribution < -0.4 is 0 Å². The van der Waals surface area contributed by atoms with Crippen molar-refractivity contribution >= 4 is 20.3 Å². The maximum absolute atomic E-state index is 8.40. The van der Waals surface area contributed by atoms with E-state index in [0.29, 0.717) is 19.3 Å². The molecule has 0 aromatic heterocycles. The third-order valence-electron chi connectivity index (χ3n) is 1.62. The van der Waals surface area contributed by atoms with E-state index in [4.69, 9.17) is 15.8 Å². The Labute approximate surface area is 92.5 Å². The zero-order chi connectivity index (χ0) is 9.94. The first-order valence-electron chi connectivity index (χ1n) is 4.18. The Balaban J connectivity index is 0. The molecule has 0 atom stereocenters. The molecule has 0 rings (SSSR count). The van der Waals surface area contributed by atoms with Gasteiger partial charge in [0.05, 0.1) is 18.2 Å². The Hall–Kier alpha value is -0.810. The van der Waals surface area contributed by atoms with Crippen molar-refractivity contribution in [3.8, 4) is 18.2 Å². The first-order chi connectivity index (χ1) is 6.35. The molecule has 0 amide bonds. The molecular weight excluding hydrogens is 217 g/mol. The molecule has 0 saturated carbocycles. The summed E-state index contributed by atoms with van der Waals surface area (Å²) < 4.78 is 0. The lowest BCUT2D eigenvalue weighted by molar-refractivity contribution is 1.14. The molecule has 3 nitrogen and oxygen atoms in total. The molecule has 0 spiro atoms. The zero-order valence-corrected chi connectivity index (χ0v) is 9.65. The lowest BCUT2D eigenvalue weighted by Gasteiger charge is -2.11. The molecule has 14 heavy (non-hydrogen) atoms. The molecule has 0 aromatic carbocycles. The Morgan fingerprint density at radius 2 is 1.00 bits per heavy atom. The highest BCUT2D eigenvalue weighted by molar-refractivity contribution is 7.57. The highest BCUT2D eigenvalue weighted by atomic mass is 35.5. The lowest BCUT2D eigenvalue weighted by Crippen LogP contribution is -1.94. The lowest BCUT2D eigenvalue weighted by atomic mass is 10.5. The standard InChI is InChI=1S/C9H12N3P.ClH/c10-4-1-7-13(8-2-5-11)9-3-6-12;/h1-3,7-9H2;1H. The van der Waals surface area contributed by atoms with Gasteiger partial charge in [0.25, 0.3) is 0 Å². The van der Waals surface area contributed by atoms with Gasteiger partial charge in [0.1, 0.15) is 0 Å². The van der Waals surface area contributed by atoms with Crippen LogP contribution in [0.1, 0.15) is 19.3 Å². The van der Waals surface area contributed by atoms with Gasteiger partial charge in [0.15, 0.2) is 0 Å². The summed E-state index contributed by atoms with van der Waals surface area (Å²) in [4.78, 5) is 0. The van der Waals surface area contributed by atoms with Gasteiger partial charge in [-0.3, -0.25) is 0 Å². The van der Waals surface area contributed by atoms with Crippen LogP contribution in [0.2, 0.25) is 0 Å². The van der Waals surface area contributed by atoms with Crippen molar-refractivity contribution in [1.82, 2.24) is 0 Å². The van der Waals surface area contributed by atoms with Crippen LogP contribution in [0.25, 0.3) is 0 Å². The molecule has 0 N–H and O–H groups in total. The summed E-state index contributed by atoms with van der Waals surface area (Å²) in [5.41, 5.74) is 0. The van der Waals surface area contributed by atoms with Crippen molar-refractivity contribution in [2.45, 2.75) is 19.3 Å². The molecule has 0 saturated heterocycles. The minimum atomic E-state index is -0.246. The molecule has 0 aliphatic carbocycles. The van der Waals surface area contributed by atoms with Crippen molar-refractivity contribution < 1.29 is 0 Å². The summed E-state index contributed by atoms with van der Waals surface area (Å²) in [7, 11) is -0.246. The SMILES string of the molecule is Cl.N#CCCP(CCC#N)CCC#N. The summed E-state index contributed by atoms with van der Waals surface area (Å²) in [6, 6.07) is 6.30. The first-order valence-corrected chi connectivity index (χ1v) is 6.08. The van der Waals surface area contributed by atoms with E-state index in [2.05, 4.69) is 18.2 Å². The van der Waals surface area contributed by atoms with Crippen molar-refractivity contribution in [1.29, 1.82) is 15.8 Å². The molecule has 0 radical (unpaired) electrons. The molecule has 0 fully saturated rings. The van der Waals surface area contributed by atoms with E-state index in [9.17, 15) is 0 Å². The van der Waals surface area contributed by atoms with Crippen molar-refractivity contribution in [3.63, 3.8) is 0 Å². The quantitative estimate of drug-likeness (QED) is 0.658. The van der Waals surface area contributed by atoms with Crippen molar-refractivity contribution in [2.24, 2.45) is 0 Å². The van der Waals surface area contributed by atoms with Gasteiger partial charge in [0.2, 0.25) is 0 Å². The average Bonchev–Trinajstić information content (AvgIpc) is 2.17. The van der Waals surface area contributed by atoms with Crippen molar-refractivity contribution in [2.75, 3.05) is 18.5 Å². The highest BCUT2D eigenvalue weighted by Gasteiger charge is 2.06. The van der Waals surface area contributed by atoms with Crippen LogP contribution in [0.4, 0.5) is 0 Å². The van der Waals surface area contributed by atoms with Gasteiger partial charge < -0.3 is 0 Å². The average molecular weight is 230 g/mol. The summed E-state index contributed by atoms with van der Waals surface area (Å²) in [5, 5.41) is 25.2. The van der Waals surface area contributed by atoms with E-state index in [1.807, 2.05) is 0 Å². The number of nitrogens with zero attached hydrogens (tertiary/aromatic N) is 3. The van der Waals surface area contributed by atoms with E-state index >= 15 is 0 Å². The Bertz CT molecular complexity index is 205. The predicted octanol–water partition coefficient (Wildman–Crippen LogP) is 2.63. The van der Waals surface area contributed by atoms with Gasteiger partial charge in [-0.2, -0.15) is 15.8 Å². The predicted molar refractivity (Wildman–Crippen MR) is 59.5 cm³/mol. The highest BCUT2D eigenvalue weighted by Crippen LogP contribution is 2.37. The van der Waals surface area contributed by atoms with Gasteiger partial charge in [-0.1, -0.05) is 0 Å². The van der Waals surface area contributed by atoms with E-state index in [1.54, 1.807) is 0 Å². The van der Waals surface area contributed by atoms with Crippen LogP contribution in [0.5, 0.6) is 0 Å². The van der Waals surface area contributed by atoms with Crippen LogP contribution in [-0.4, -0.2) is 18.5 Å². The number of nitriles is 3. The maximum atomic E-state index is 8.40. The Morgan fingerprint density at radius 3 is 1.21 bits per heavy atom. The Kier molecular flexibility index (Phi) is 13.6. The molecule has 0 aromatic rings. The van der Waals surface area contributed by atoms with Gasteiger partial charge >= 0.3 is 0 Å². The fourth-order valence-corrected chi connectivity index (χ4v) is 2.88. The second-order valence-electron chi connectivity index (χ2n) is 2.57. The third kappa shape index (κ3) is 9.28.